The monoisotopic (exact) mass is 223 g/mol. The molecule has 1 heterocycles. The maximum Gasteiger partial charge on any atom is 0.0801 e. The lowest BCUT2D eigenvalue weighted by atomic mass is 9.89. The smallest absolute Gasteiger partial charge is 0.0801 e. The summed E-state index contributed by atoms with van der Waals surface area (Å²) in [5.74, 6) is 0. The summed E-state index contributed by atoms with van der Waals surface area (Å²) in [6, 6.07) is 1.70. The lowest BCUT2D eigenvalue weighted by Gasteiger charge is -2.33. The number of anilines is 1. The Morgan fingerprint density at radius 2 is 2.25 bits per heavy atom. The predicted octanol–water partition coefficient (Wildman–Crippen LogP) is 1.35. The maximum absolute atomic E-state index is 6.17. The summed E-state index contributed by atoms with van der Waals surface area (Å²) in [4.78, 5) is 4.06. The van der Waals surface area contributed by atoms with Crippen LogP contribution < -0.4 is 11.5 Å². The number of aromatic nitrogens is 1. The molecule has 0 spiro atoms. The molecular weight excluding hydrogens is 202 g/mol. The van der Waals surface area contributed by atoms with Gasteiger partial charge in [-0.2, -0.15) is 0 Å². The van der Waals surface area contributed by atoms with Gasteiger partial charge < -0.3 is 16.2 Å². The Hall–Kier alpha value is -1.13. The standard InChI is InChI=1S/C12H21N3O/c1-4-12(2,16-3)11(14)7-9-8-15-6-5-10(9)13/h5-6,8,11H,4,7,14H2,1-3H3,(H2,13,15). The second-order valence-electron chi connectivity index (χ2n) is 4.26. The molecule has 2 unspecified atom stereocenters. The van der Waals surface area contributed by atoms with E-state index in [1.165, 1.54) is 0 Å². The summed E-state index contributed by atoms with van der Waals surface area (Å²) in [6.07, 6.45) is 4.99. The minimum atomic E-state index is -0.317. The van der Waals surface area contributed by atoms with Crippen molar-refractivity contribution < 1.29 is 4.74 Å². The quantitative estimate of drug-likeness (QED) is 0.790. The van der Waals surface area contributed by atoms with Crippen LogP contribution in [0.3, 0.4) is 0 Å². The molecule has 1 rings (SSSR count). The van der Waals surface area contributed by atoms with E-state index >= 15 is 0 Å². The van der Waals surface area contributed by atoms with Gasteiger partial charge in [-0.3, -0.25) is 4.98 Å². The Morgan fingerprint density at radius 3 is 2.75 bits per heavy atom. The highest BCUT2D eigenvalue weighted by Gasteiger charge is 2.29. The second kappa shape index (κ2) is 5.27. The molecule has 0 aliphatic rings. The van der Waals surface area contributed by atoms with Gasteiger partial charge in [0, 0.05) is 31.2 Å². The Labute approximate surface area is 97.0 Å². The first kappa shape index (κ1) is 12.9. The SMILES string of the molecule is CCC(C)(OC)C(N)Cc1cnccc1N. The summed E-state index contributed by atoms with van der Waals surface area (Å²) in [5, 5.41) is 0. The molecule has 0 fully saturated rings. The van der Waals surface area contributed by atoms with E-state index in [2.05, 4.69) is 11.9 Å². The van der Waals surface area contributed by atoms with Crippen molar-refractivity contribution in [3.8, 4) is 0 Å². The number of nitrogens with two attached hydrogens (primary N) is 2. The zero-order valence-corrected chi connectivity index (χ0v) is 10.2. The van der Waals surface area contributed by atoms with Crippen LogP contribution in [0, 0.1) is 0 Å². The van der Waals surface area contributed by atoms with E-state index in [0.29, 0.717) is 6.42 Å². The van der Waals surface area contributed by atoms with Crippen molar-refractivity contribution in [1.29, 1.82) is 0 Å². The summed E-state index contributed by atoms with van der Waals surface area (Å²) >= 11 is 0. The molecule has 16 heavy (non-hydrogen) atoms. The minimum Gasteiger partial charge on any atom is -0.398 e. The summed E-state index contributed by atoms with van der Waals surface area (Å²) in [7, 11) is 1.69. The largest absolute Gasteiger partial charge is 0.398 e. The fourth-order valence-corrected chi connectivity index (χ4v) is 1.62. The molecule has 4 N–H and O–H groups in total. The number of hydrogen-bond donors (Lipinski definition) is 2. The molecule has 1 aromatic heterocycles. The fraction of sp³-hybridized carbons (Fsp3) is 0.583. The third-order valence-electron chi connectivity index (χ3n) is 3.33. The van der Waals surface area contributed by atoms with E-state index in [-0.39, 0.29) is 11.6 Å². The first-order chi connectivity index (χ1) is 7.53. The number of nitrogen functional groups attached to an aromatic ring is 1. The average molecular weight is 223 g/mol. The van der Waals surface area contributed by atoms with Crippen molar-refractivity contribution in [2.75, 3.05) is 12.8 Å². The highest BCUT2D eigenvalue weighted by Crippen LogP contribution is 2.22. The Bertz CT molecular complexity index is 337. The molecule has 0 radical (unpaired) electrons. The van der Waals surface area contributed by atoms with Gasteiger partial charge in [0.05, 0.1) is 5.60 Å². The topological polar surface area (TPSA) is 74.2 Å². The molecule has 4 heteroatoms. The minimum absolute atomic E-state index is 0.0889. The van der Waals surface area contributed by atoms with Crippen LogP contribution in [0.15, 0.2) is 18.5 Å². The van der Waals surface area contributed by atoms with E-state index in [4.69, 9.17) is 16.2 Å². The van der Waals surface area contributed by atoms with Crippen LogP contribution in [0.5, 0.6) is 0 Å². The number of pyridine rings is 1. The van der Waals surface area contributed by atoms with Crippen LogP contribution in [0.1, 0.15) is 25.8 Å². The molecule has 0 saturated heterocycles. The Morgan fingerprint density at radius 1 is 1.56 bits per heavy atom. The molecule has 0 amide bonds. The summed E-state index contributed by atoms with van der Waals surface area (Å²) < 4.78 is 5.47. The van der Waals surface area contributed by atoms with Crippen molar-refractivity contribution in [3.63, 3.8) is 0 Å². The van der Waals surface area contributed by atoms with Crippen molar-refractivity contribution in [2.24, 2.45) is 5.73 Å². The van der Waals surface area contributed by atoms with E-state index in [0.717, 1.165) is 17.7 Å². The van der Waals surface area contributed by atoms with Gasteiger partial charge in [-0.1, -0.05) is 6.92 Å². The van der Waals surface area contributed by atoms with Crippen molar-refractivity contribution >= 4 is 5.69 Å². The third-order valence-corrected chi connectivity index (χ3v) is 3.33. The third kappa shape index (κ3) is 2.71. The molecule has 0 aromatic carbocycles. The van der Waals surface area contributed by atoms with E-state index in [1.54, 1.807) is 25.6 Å². The van der Waals surface area contributed by atoms with Crippen LogP contribution >= 0.6 is 0 Å². The lowest BCUT2D eigenvalue weighted by molar-refractivity contribution is -0.0184. The molecule has 0 saturated carbocycles. The van der Waals surface area contributed by atoms with E-state index < -0.39 is 0 Å². The molecule has 0 aliphatic heterocycles. The normalized spacial score (nSPS) is 16.8. The van der Waals surface area contributed by atoms with Crippen LogP contribution in [0.2, 0.25) is 0 Å². The van der Waals surface area contributed by atoms with Gasteiger partial charge in [0.2, 0.25) is 0 Å². The average Bonchev–Trinajstić information content (AvgIpc) is 2.31. The second-order valence-corrected chi connectivity index (χ2v) is 4.26. The summed E-state index contributed by atoms with van der Waals surface area (Å²) in [6.45, 7) is 4.08. The van der Waals surface area contributed by atoms with Crippen molar-refractivity contribution in [3.05, 3.63) is 24.0 Å². The molecule has 90 valence electrons. The molecule has 0 aliphatic carbocycles. The van der Waals surface area contributed by atoms with Crippen molar-refractivity contribution in [2.45, 2.75) is 38.3 Å². The van der Waals surface area contributed by atoms with Gasteiger partial charge in [-0.15, -0.1) is 0 Å². The molecular formula is C12H21N3O. The Balaban J connectivity index is 2.78. The van der Waals surface area contributed by atoms with Crippen LogP contribution in [0.4, 0.5) is 5.69 Å². The van der Waals surface area contributed by atoms with Gasteiger partial charge in [-0.05, 0) is 31.4 Å². The number of ether oxygens (including phenoxy) is 1. The fourth-order valence-electron chi connectivity index (χ4n) is 1.62. The Kier molecular flexibility index (Phi) is 4.26. The van der Waals surface area contributed by atoms with Crippen LogP contribution in [-0.4, -0.2) is 23.7 Å². The van der Waals surface area contributed by atoms with Crippen LogP contribution in [0.25, 0.3) is 0 Å². The zero-order chi connectivity index (χ0) is 12.2. The van der Waals surface area contributed by atoms with Crippen molar-refractivity contribution in [1.82, 2.24) is 4.98 Å². The maximum atomic E-state index is 6.17. The van der Waals surface area contributed by atoms with Gasteiger partial charge in [0.25, 0.3) is 0 Å². The highest BCUT2D eigenvalue weighted by atomic mass is 16.5. The number of methoxy groups -OCH3 is 1. The number of nitrogens with zero attached hydrogens (tertiary/aromatic N) is 1. The molecule has 2 atom stereocenters. The van der Waals surface area contributed by atoms with Gasteiger partial charge in [-0.25, -0.2) is 0 Å². The van der Waals surface area contributed by atoms with Crippen LogP contribution in [-0.2, 0) is 11.2 Å². The van der Waals surface area contributed by atoms with Gasteiger partial charge >= 0.3 is 0 Å². The van der Waals surface area contributed by atoms with Gasteiger partial charge in [0.15, 0.2) is 0 Å². The first-order valence-electron chi connectivity index (χ1n) is 5.52. The number of rotatable bonds is 5. The first-order valence-corrected chi connectivity index (χ1v) is 5.52. The van der Waals surface area contributed by atoms with Gasteiger partial charge in [0.1, 0.15) is 0 Å². The van der Waals surface area contributed by atoms with E-state index in [1.807, 2.05) is 6.92 Å². The molecule has 4 nitrogen and oxygen atoms in total. The predicted molar refractivity (Wildman–Crippen MR) is 66.0 cm³/mol. The molecule has 0 bridgehead atoms. The zero-order valence-electron chi connectivity index (χ0n) is 10.2. The number of hydrogen-bond acceptors (Lipinski definition) is 4. The lowest BCUT2D eigenvalue weighted by Crippen LogP contribution is -2.48. The highest BCUT2D eigenvalue weighted by molar-refractivity contribution is 5.44. The van der Waals surface area contributed by atoms with E-state index in [9.17, 15) is 0 Å². The molecule has 1 aromatic rings. The summed E-state index contributed by atoms with van der Waals surface area (Å²) in [5.41, 5.74) is 13.4.